The van der Waals surface area contributed by atoms with E-state index in [9.17, 15) is 4.79 Å². The molecular formula is C18H18O3. The summed E-state index contributed by atoms with van der Waals surface area (Å²) in [6, 6.07) is 17.5. The van der Waals surface area contributed by atoms with Crippen LogP contribution < -0.4 is 4.74 Å². The lowest BCUT2D eigenvalue weighted by Gasteiger charge is -2.09. The number of rotatable bonds is 6. The van der Waals surface area contributed by atoms with Crippen molar-refractivity contribution in [3.05, 3.63) is 71.8 Å². The zero-order chi connectivity index (χ0) is 14.9. The van der Waals surface area contributed by atoms with E-state index in [4.69, 9.17) is 9.47 Å². The van der Waals surface area contributed by atoms with E-state index in [-0.39, 0.29) is 5.97 Å². The van der Waals surface area contributed by atoms with Gasteiger partial charge in [-0.05, 0) is 24.6 Å². The van der Waals surface area contributed by atoms with Crippen LogP contribution in [0.4, 0.5) is 0 Å². The lowest BCUT2D eigenvalue weighted by Crippen LogP contribution is -1.99. The number of para-hydroxylation sites is 1. The molecule has 2 rings (SSSR count). The van der Waals surface area contributed by atoms with Crippen LogP contribution in [0.2, 0.25) is 0 Å². The van der Waals surface area contributed by atoms with Crippen molar-refractivity contribution in [2.75, 3.05) is 6.61 Å². The fraction of sp³-hybridized carbons (Fsp3) is 0.167. The van der Waals surface area contributed by atoms with E-state index >= 15 is 0 Å². The molecule has 0 aliphatic carbocycles. The van der Waals surface area contributed by atoms with Crippen molar-refractivity contribution in [1.29, 1.82) is 0 Å². The molecule has 0 saturated heterocycles. The summed E-state index contributed by atoms with van der Waals surface area (Å²) < 4.78 is 10.7. The number of carbonyl (C=O) groups excluding carboxylic acids is 1. The molecule has 2 aromatic carbocycles. The Labute approximate surface area is 124 Å². The molecule has 0 unspecified atom stereocenters. The third-order valence-electron chi connectivity index (χ3n) is 2.84. The fourth-order valence-electron chi connectivity index (χ4n) is 1.83. The maximum atomic E-state index is 11.4. The Morgan fingerprint density at radius 1 is 1.05 bits per heavy atom. The Bertz CT molecular complexity index is 603. The van der Waals surface area contributed by atoms with Gasteiger partial charge in [0.15, 0.2) is 0 Å². The van der Waals surface area contributed by atoms with Gasteiger partial charge in [0.05, 0.1) is 6.61 Å². The van der Waals surface area contributed by atoms with Gasteiger partial charge in [-0.25, -0.2) is 4.79 Å². The molecule has 2 aromatic rings. The van der Waals surface area contributed by atoms with Gasteiger partial charge in [0, 0.05) is 11.6 Å². The van der Waals surface area contributed by atoms with Crippen LogP contribution in [0.25, 0.3) is 6.08 Å². The summed E-state index contributed by atoms with van der Waals surface area (Å²) in [5.74, 6) is 0.386. The first-order valence-corrected chi connectivity index (χ1v) is 6.90. The SMILES string of the molecule is CCOC(=O)/C=C/c1ccccc1OCc1ccccc1. The second-order valence-corrected chi connectivity index (χ2v) is 4.40. The largest absolute Gasteiger partial charge is 0.488 e. The first-order valence-electron chi connectivity index (χ1n) is 6.90. The van der Waals surface area contributed by atoms with E-state index in [1.54, 1.807) is 13.0 Å². The van der Waals surface area contributed by atoms with Crippen LogP contribution in [0.15, 0.2) is 60.7 Å². The van der Waals surface area contributed by atoms with Gasteiger partial charge in [-0.1, -0.05) is 48.5 Å². The first kappa shape index (κ1) is 14.9. The molecule has 0 spiro atoms. The van der Waals surface area contributed by atoms with Gasteiger partial charge in [0.2, 0.25) is 0 Å². The summed E-state index contributed by atoms with van der Waals surface area (Å²) in [5.41, 5.74) is 1.95. The quantitative estimate of drug-likeness (QED) is 0.596. The molecule has 0 aliphatic heterocycles. The fourth-order valence-corrected chi connectivity index (χ4v) is 1.83. The molecule has 3 heteroatoms. The van der Waals surface area contributed by atoms with E-state index in [2.05, 4.69) is 0 Å². The minimum atomic E-state index is -0.352. The third-order valence-corrected chi connectivity index (χ3v) is 2.84. The zero-order valence-corrected chi connectivity index (χ0v) is 12.0. The van der Waals surface area contributed by atoms with Crippen LogP contribution in [-0.4, -0.2) is 12.6 Å². The summed E-state index contributed by atoms with van der Waals surface area (Å²) in [7, 11) is 0. The van der Waals surface area contributed by atoms with E-state index in [1.165, 1.54) is 6.08 Å². The number of hydrogen-bond donors (Lipinski definition) is 0. The maximum absolute atomic E-state index is 11.4. The smallest absolute Gasteiger partial charge is 0.330 e. The van der Waals surface area contributed by atoms with Crippen molar-refractivity contribution in [2.24, 2.45) is 0 Å². The Balaban J connectivity index is 2.05. The summed E-state index contributed by atoms with van der Waals surface area (Å²) in [5, 5.41) is 0. The molecule has 0 aromatic heterocycles. The van der Waals surface area contributed by atoms with Gasteiger partial charge in [-0.3, -0.25) is 0 Å². The molecule has 3 nitrogen and oxygen atoms in total. The predicted octanol–water partition coefficient (Wildman–Crippen LogP) is 3.84. The van der Waals surface area contributed by atoms with E-state index in [0.717, 1.165) is 16.9 Å². The van der Waals surface area contributed by atoms with Gasteiger partial charge < -0.3 is 9.47 Å². The van der Waals surface area contributed by atoms with Crippen molar-refractivity contribution in [3.63, 3.8) is 0 Å². The molecule has 0 bridgehead atoms. The van der Waals surface area contributed by atoms with Gasteiger partial charge in [-0.15, -0.1) is 0 Å². The number of hydrogen-bond acceptors (Lipinski definition) is 3. The van der Waals surface area contributed by atoms with E-state index < -0.39 is 0 Å². The minimum Gasteiger partial charge on any atom is -0.488 e. The van der Waals surface area contributed by atoms with Crippen LogP contribution in [0, 0.1) is 0 Å². The molecule has 0 N–H and O–H groups in total. The highest BCUT2D eigenvalue weighted by Crippen LogP contribution is 2.20. The second kappa shape index (κ2) is 7.90. The molecule has 0 atom stereocenters. The predicted molar refractivity (Wildman–Crippen MR) is 82.9 cm³/mol. The molecule has 21 heavy (non-hydrogen) atoms. The minimum absolute atomic E-state index is 0.352. The average Bonchev–Trinajstić information content (AvgIpc) is 2.53. The maximum Gasteiger partial charge on any atom is 0.330 e. The Morgan fingerprint density at radius 2 is 1.76 bits per heavy atom. The number of esters is 1. The van der Waals surface area contributed by atoms with Crippen molar-refractivity contribution < 1.29 is 14.3 Å². The number of carbonyl (C=O) groups is 1. The molecule has 0 aliphatic rings. The monoisotopic (exact) mass is 282 g/mol. The lowest BCUT2D eigenvalue weighted by molar-refractivity contribution is -0.137. The van der Waals surface area contributed by atoms with Gasteiger partial charge >= 0.3 is 5.97 Å². The van der Waals surface area contributed by atoms with E-state index in [1.807, 2.05) is 54.6 Å². The molecule has 0 saturated carbocycles. The van der Waals surface area contributed by atoms with Crippen molar-refractivity contribution in [1.82, 2.24) is 0 Å². The third kappa shape index (κ3) is 4.80. The average molecular weight is 282 g/mol. The summed E-state index contributed by atoms with van der Waals surface area (Å²) >= 11 is 0. The van der Waals surface area contributed by atoms with Crippen LogP contribution in [-0.2, 0) is 16.1 Å². The van der Waals surface area contributed by atoms with Gasteiger partial charge in [-0.2, -0.15) is 0 Å². The Kier molecular flexibility index (Phi) is 5.59. The Morgan fingerprint density at radius 3 is 2.52 bits per heavy atom. The molecule has 0 amide bonds. The summed E-state index contributed by atoms with van der Waals surface area (Å²) in [6.07, 6.45) is 3.12. The molecule has 0 fully saturated rings. The van der Waals surface area contributed by atoms with Crippen LogP contribution in [0.1, 0.15) is 18.1 Å². The molecular weight excluding hydrogens is 264 g/mol. The van der Waals surface area contributed by atoms with Gasteiger partial charge in [0.1, 0.15) is 12.4 Å². The van der Waals surface area contributed by atoms with Crippen molar-refractivity contribution >= 4 is 12.0 Å². The van der Waals surface area contributed by atoms with Crippen molar-refractivity contribution in [3.8, 4) is 5.75 Å². The first-order chi connectivity index (χ1) is 10.3. The van der Waals surface area contributed by atoms with Crippen LogP contribution in [0.5, 0.6) is 5.75 Å². The molecule has 0 heterocycles. The van der Waals surface area contributed by atoms with Crippen molar-refractivity contribution in [2.45, 2.75) is 13.5 Å². The highest BCUT2D eigenvalue weighted by molar-refractivity contribution is 5.87. The molecule has 108 valence electrons. The van der Waals surface area contributed by atoms with Crippen LogP contribution >= 0.6 is 0 Å². The second-order valence-electron chi connectivity index (χ2n) is 4.40. The van der Waals surface area contributed by atoms with Crippen LogP contribution in [0.3, 0.4) is 0 Å². The Hall–Kier alpha value is -2.55. The highest BCUT2D eigenvalue weighted by atomic mass is 16.5. The van der Waals surface area contributed by atoms with Gasteiger partial charge in [0.25, 0.3) is 0 Å². The highest BCUT2D eigenvalue weighted by Gasteiger charge is 2.02. The van der Waals surface area contributed by atoms with E-state index in [0.29, 0.717) is 13.2 Å². The summed E-state index contributed by atoms with van der Waals surface area (Å²) in [6.45, 7) is 2.64. The zero-order valence-electron chi connectivity index (χ0n) is 12.0. The molecule has 0 radical (unpaired) electrons. The lowest BCUT2D eigenvalue weighted by atomic mass is 10.2. The number of benzene rings is 2. The standard InChI is InChI=1S/C18H18O3/c1-2-20-18(19)13-12-16-10-6-7-11-17(16)21-14-15-8-4-3-5-9-15/h3-13H,2,14H2,1H3/b13-12+. The normalized spacial score (nSPS) is 10.5. The topological polar surface area (TPSA) is 35.5 Å². The summed E-state index contributed by atoms with van der Waals surface area (Å²) in [4.78, 5) is 11.4. The number of ether oxygens (including phenoxy) is 2.